The third kappa shape index (κ3) is 2.21. The van der Waals surface area contributed by atoms with Crippen molar-refractivity contribution >= 4 is 21.6 Å². The van der Waals surface area contributed by atoms with E-state index >= 15 is 0 Å². The first-order chi connectivity index (χ1) is 6.75. The molecule has 1 heterocycles. The van der Waals surface area contributed by atoms with Crippen LogP contribution in [0.2, 0.25) is 0 Å². The molecule has 0 aliphatic heterocycles. The van der Waals surface area contributed by atoms with Crippen LogP contribution in [0, 0.1) is 0 Å². The van der Waals surface area contributed by atoms with Gasteiger partial charge in [-0.2, -0.15) is 13.5 Å². The molecule has 0 aliphatic carbocycles. The molecular formula is C7H14N4O3S. The second-order valence-electron chi connectivity index (χ2n) is 3.39. The van der Waals surface area contributed by atoms with E-state index in [0.29, 0.717) is 0 Å². The van der Waals surface area contributed by atoms with Crippen LogP contribution in [0.4, 0.5) is 11.5 Å². The molecule has 0 aliphatic rings. The molecule has 0 radical (unpaired) electrons. The highest BCUT2D eigenvalue weighted by molar-refractivity contribution is 7.86. The predicted octanol–water partition coefficient (Wildman–Crippen LogP) is -0.115. The van der Waals surface area contributed by atoms with Crippen molar-refractivity contribution in [1.82, 2.24) is 9.78 Å². The second-order valence-corrected chi connectivity index (χ2v) is 5.16. The van der Waals surface area contributed by atoms with Crippen LogP contribution in [0.25, 0.3) is 0 Å². The van der Waals surface area contributed by atoms with Gasteiger partial charge in [-0.3, -0.25) is 4.55 Å². The van der Waals surface area contributed by atoms with Crippen LogP contribution in [-0.4, -0.2) is 28.0 Å². The summed E-state index contributed by atoms with van der Waals surface area (Å²) in [5.74, 6) is 0.193. The summed E-state index contributed by atoms with van der Waals surface area (Å²) in [6, 6.07) is -0.586. The van der Waals surface area contributed by atoms with E-state index in [1.54, 1.807) is 6.92 Å². The van der Waals surface area contributed by atoms with Gasteiger partial charge in [0.05, 0.1) is 17.9 Å². The Hall–Kier alpha value is -1.28. The molecular weight excluding hydrogens is 220 g/mol. The highest BCUT2D eigenvalue weighted by Gasteiger charge is 2.27. The molecule has 1 aromatic heterocycles. The Kier molecular flexibility index (Phi) is 2.91. The maximum Gasteiger partial charge on any atom is 0.269 e. The summed E-state index contributed by atoms with van der Waals surface area (Å²) in [7, 11) is -4.11. The highest BCUT2D eigenvalue weighted by atomic mass is 32.2. The van der Waals surface area contributed by atoms with Crippen LogP contribution in [-0.2, 0) is 10.1 Å². The molecule has 0 saturated carbocycles. The predicted molar refractivity (Wildman–Crippen MR) is 56.8 cm³/mol. The molecule has 2 unspecified atom stereocenters. The number of hydrogen-bond acceptors (Lipinski definition) is 5. The van der Waals surface area contributed by atoms with Crippen LogP contribution in [0.1, 0.15) is 19.9 Å². The van der Waals surface area contributed by atoms with Crippen molar-refractivity contribution in [1.29, 1.82) is 0 Å². The molecule has 1 rings (SSSR count). The standard InChI is InChI=1S/C7H14N4O3S/c1-4(5(2)15(12,13)14)11-7(9)6(8)3-10-11/h3-5H,8-9H2,1-2H3,(H,12,13,14). The summed E-state index contributed by atoms with van der Waals surface area (Å²) in [4.78, 5) is 0. The van der Waals surface area contributed by atoms with Crippen molar-refractivity contribution in [3.8, 4) is 0 Å². The molecule has 8 heteroatoms. The Bertz CT molecular complexity index is 453. The van der Waals surface area contributed by atoms with Crippen molar-refractivity contribution in [3.63, 3.8) is 0 Å². The molecule has 7 nitrogen and oxygen atoms in total. The lowest BCUT2D eigenvalue weighted by molar-refractivity contribution is 0.421. The smallest absolute Gasteiger partial charge is 0.269 e. The van der Waals surface area contributed by atoms with Gasteiger partial charge in [0.1, 0.15) is 11.1 Å². The highest BCUT2D eigenvalue weighted by Crippen LogP contribution is 2.23. The Morgan fingerprint density at radius 2 is 2.00 bits per heavy atom. The van der Waals surface area contributed by atoms with Gasteiger partial charge in [-0.15, -0.1) is 0 Å². The molecule has 0 fully saturated rings. The zero-order valence-corrected chi connectivity index (χ0v) is 9.27. The number of hydrogen-bond donors (Lipinski definition) is 3. The van der Waals surface area contributed by atoms with E-state index in [1.165, 1.54) is 17.8 Å². The molecule has 0 bridgehead atoms. The molecule has 0 saturated heterocycles. The summed E-state index contributed by atoms with van der Waals surface area (Å²) >= 11 is 0. The molecule has 1 aromatic rings. The maximum atomic E-state index is 10.9. The average Bonchev–Trinajstić information content (AvgIpc) is 2.44. The summed E-state index contributed by atoms with van der Waals surface area (Å²) < 4.78 is 32.0. The van der Waals surface area contributed by atoms with Gasteiger partial charge < -0.3 is 11.5 Å². The Morgan fingerprint density at radius 3 is 2.33 bits per heavy atom. The maximum absolute atomic E-state index is 10.9. The number of nitrogens with two attached hydrogens (primary N) is 2. The monoisotopic (exact) mass is 234 g/mol. The fourth-order valence-electron chi connectivity index (χ4n) is 1.16. The number of nitrogens with zero attached hydrogens (tertiary/aromatic N) is 2. The van der Waals surface area contributed by atoms with Gasteiger partial charge in [0, 0.05) is 0 Å². The minimum Gasteiger partial charge on any atom is -0.394 e. The van der Waals surface area contributed by atoms with E-state index in [2.05, 4.69) is 5.10 Å². The Morgan fingerprint density at radius 1 is 1.47 bits per heavy atom. The van der Waals surface area contributed by atoms with Gasteiger partial charge >= 0.3 is 0 Å². The van der Waals surface area contributed by atoms with Gasteiger partial charge in [0.2, 0.25) is 0 Å². The van der Waals surface area contributed by atoms with Crippen molar-refractivity contribution < 1.29 is 13.0 Å². The van der Waals surface area contributed by atoms with E-state index in [4.69, 9.17) is 16.0 Å². The normalized spacial score (nSPS) is 16.2. The van der Waals surface area contributed by atoms with E-state index in [0.717, 1.165) is 0 Å². The van der Waals surface area contributed by atoms with Crippen LogP contribution in [0.15, 0.2) is 6.20 Å². The minimum absolute atomic E-state index is 0.193. The largest absolute Gasteiger partial charge is 0.394 e. The van der Waals surface area contributed by atoms with Crippen LogP contribution in [0.3, 0.4) is 0 Å². The van der Waals surface area contributed by atoms with Crippen molar-refractivity contribution in [2.45, 2.75) is 25.1 Å². The van der Waals surface area contributed by atoms with Gasteiger partial charge in [-0.1, -0.05) is 0 Å². The Labute approximate surface area is 87.8 Å². The average molecular weight is 234 g/mol. The second kappa shape index (κ2) is 3.70. The van der Waals surface area contributed by atoms with Gasteiger partial charge in [-0.05, 0) is 13.8 Å². The first-order valence-corrected chi connectivity index (χ1v) is 5.80. The molecule has 15 heavy (non-hydrogen) atoms. The van der Waals surface area contributed by atoms with E-state index in [9.17, 15) is 8.42 Å². The zero-order chi connectivity index (χ0) is 11.8. The van der Waals surface area contributed by atoms with Crippen molar-refractivity contribution in [2.75, 3.05) is 11.5 Å². The third-order valence-electron chi connectivity index (χ3n) is 2.40. The number of nitrogen functional groups attached to an aromatic ring is 2. The first-order valence-electron chi connectivity index (χ1n) is 4.30. The topological polar surface area (TPSA) is 124 Å². The van der Waals surface area contributed by atoms with Gasteiger partial charge in [0.15, 0.2) is 0 Å². The minimum atomic E-state index is -4.11. The molecule has 0 aromatic carbocycles. The zero-order valence-electron chi connectivity index (χ0n) is 8.45. The fraction of sp³-hybridized carbons (Fsp3) is 0.571. The summed E-state index contributed by atoms with van der Waals surface area (Å²) in [6.45, 7) is 2.96. The first kappa shape index (κ1) is 11.8. The summed E-state index contributed by atoms with van der Waals surface area (Å²) in [5.41, 5.74) is 11.3. The lowest BCUT2D eigenvalue weighted by atomic mass is 10.2. The van der Waals surface area contributed by atoms with Crippen LogP contribution in [0.5, 0.6) is 0 Å². The van der Waals surface area contributed by atoms with Crippen LogP contribution >= 0.6 is 0 Å². The molecule has 0 spiro atoms. The summed E-state index contributed by atoms with van der Waals surface area (Å²) in [5, 5.41) is 2.84. The molecule has 0 amide bonds. The lowest BCUT2D eigenvalue weighted by Crippen LogP contribution is -2.28. The van der Waals surface area contributed by atoms with E-state index in [-0.39, 0.29) is 11.5 Å². The molecule has 86 valence electrons. The SMILES string of the molecule is CC(C(C)S(=O)(=O)O)n1ncc(N)c1N. The number of rotatable bonds is 3. The van der Waals surface area contributed by atoms with Crippen molar-refractivity contribution in [3.05, 3.63) is 6.20 Å². The third-order valence-corrected chi connectivity index (χ3v) is 3.73. The van der Waals surface area contributed by atoms with Gasteiger partial charge in [0.25, 0.3) is 10.1 Å². The Balaban J connectivity index is 3.05. The number of aromatic nitrogens is 2. The summed E-state index contributed by atoms with van der Waals surface area (Å²) in [6.07, 6.45) is 1.34. The van der Waals surface area contributed by atoms with Crippen molar-refractivity contribution in [2.24, 2.45) is 0 Å². The molecule has 2 atom stereocenters. The van der Waals surface area contributed by atoms with E-state index in [1.807, 2.05) is 0 Å². The van der Waals surface area contributed by atoms with E-state index < -0.39 is 21.4 Å². The van der Waals surface area contributed by atoms with Gasteiger partial charge in [-0.25, -0.2) is 4.68 Å². The molecule has 5 N–H and O–H groups in total. The number of anilines is 2. The lowest BCUT2D eigenvalue weighted by Gasteiger charge is -2.18. The quantitative estimate of drug-likeness (QED) is 0.626. The van der Waals surface area contributed by atoms with Crippen LogP contribution < -0.4 is 11.5 Å². The fourth-order valence-corrected chi connectivity index (χ4v) is 1.77.